The second-order valence-corrected chi connectivity index (χ2v) is 8.95. The van der Waals surface area contributed by atoms with Crippen LogP contribution in [-0.4, -0.2) is 24.8 Å². The monoisotopic (exact) mass is 386 g/mol. The number of rotatable bonds is 5. The Labute approximate surface area is 151 Å². The third-order valence-corrected chi connectivity index (χ3v) is 7.61. The summed E-state index contributed by atoms with van der Waals surface area (Å²) in [6, 6.07) is 0. The van der Waals surface area contributed by atoms with Gasteiger partial charge >= 0.3 is 0 Å². The van der Waals surface area contributed by atoms with Gasteiger partial charge in [0.25, 0.3) is 0 Å². The van der Waals surface area contributed by atoms with Crippen molar-refractivity contribution >= 4 is 15.9 Å². The number of hydrogen-bond acceptors (Lipinski definition) is 2. The van der Waals surface area contributed by atoms with Gasteiger partial charge < -0.3 is 9.47 Å². The van der Waals surface area contributed by atoms with Crippen molar-refractivity contribution in [2.45, 2.75) is 77.4 Å². The van der Waals surface area contributed by atoms with Gasteiger partial charge in [0.2, 0.25) is 0 Å². The van der Waals surface area contributed by atoms with Crippen molar-refractivity contribution < 1.29 is 9.47 Å². The van der Waals surface area contributed by atoms with Gasteiger partial charge in [-0.25, -0.2) is 0 Å². The van der Waals surface area contributed by atoms with Crippen LogP contribution in [0.15, 0.2) is 0 Å². The quantitative estimate of drug-likeness (QED) is 0.557. The van der Waals surface area contributed by atoms with Gasteiger partial charge in [-0.2, -0.15) is 0 Å². The van der Waals surface area contributed by atoms with Gasteiger partial charge in [-0.3, -0.25) is 0 Å². The highest BCUT2D eigenvalue weighted by Gasteiger charge is 2.35. The fourth-order valence-electron chi connectivity index (χ4n) is 5.05. The largest absolute Gasteiger partial charge is 0.352 e. The van der Waals surface area contributed by atoms with Crippen molar-refractivity contribution in [2.75, 3.05) is 18.5 Å². The minimum atomic E-state index is 0.0963. The van der Waals surface area contributed by atoms with Crippen LogP contribution in [0.25, 0.3) is 0 Å². The van der Waals surface area contributed by atoms with Crippen LogP contribution in [0.1, 0.15) is 71.1 Å². The van der Waals surface area contributed by atoms with Crippen molar-refractivity contribution in [3.05, 3.63) is 0 Å². The number of alkyl halides is 1. The van der Waals surface area contributed by atoms with Gasteiger partial charge in [0, 0.05) is 17.2 Å². The molecule has 1 heterocycles. The maximum atomic E-state index is 6.19. The molecule has 0 aromatic heterocycles. The van der Waals surface area contributed by atoms with E-state index in [1.54, 1.807) is 0 Å². The van der Waals surface area contributed by atoms with E-state index in [2.05, 4.69) is 22.9 Å². The Balaban J connectivity index is 1.37. The summed E-state index contributed by atoms with van der Waals surface area (Å²) in [6.07, 6.45) is 13.8. The first-order valence-electron chi connectivity index (χ1n) is 10.1. The Morgan fingerprint density at radius 3 is 1.87 bits per heavy atom. The molecule has 3 aliphatic rings. The standard InChI is InChI=1S/C20H35BrO2/c1-2-3-15-4-8-17(9-5-15)19-13-22-20(23-14-19)18-10-6-16(12-21)7-11-18/h15-20H,2-14H2,1H3. The second kappa shape index (κ2) is 9.20. The van der Waals surface area contributed by atoms with Crippen molar-refractivity contribution in [1.29, 1.82) is 0 Å². The zero-order valence-corrected chi connectivity index (χ0v) is 16.4. The number of halogens is 1. The molecule has 3 fully saturated rings. The fourth-order valence-corrected chi connectivity index (χ4v) is 5.70. The lowest BCUT2D eigenvalue weighted by molar-refractivity contribution is -0.237. The van der Waals surface area contributed by atoms with Crippen LogP contribution in [0.2, 0.25) is 0 Å². The molecule has 3 rings (SSSR count). The summed E-state index contributed by atoms with van der Waals surface area (Å²) in [7, 11) is 0. The fraction of sp³-hybridized carbons (Fsp3) is 1.00. The van der Waals surface area contributed by atoms with Gasteiger partial charge in [0.15, 0.2) is 6.29 Å². The van der Waals surface area contributed by atoms with E-state index in [0.717, 1.165) is 36.3 Å². The third kappa shape index (κ3) is 4.95. The molecule has 0 radical (unpaired) electrons. The molecule has 23 heavy (non-hydrogen) atoms. The summed E-state index contributed by atoms with van der Waals surface area (Å²) in [5, 5.41) is 1.16. The van der Waals surface area contributed by atoms with Crippen molar-refractivity contribution in [1.82, 2.24) is 0 Å². The minimum Gasteiger partial charge on any atom is -0.352 e. The van der Waals surface area contributed by atoms with E-state index in [0.29, 0.717) is 11.8 Å². The van der Waals surface area contributed by atoms with E-state index in [4.69, 9.17) is 9.47 Å². The molecule has 2 nitrogen and oxygen atoms in total. The predicted octanol–water partition coefficient (Wildman–Crippen LogP) is 5.78. The Kier molecular flexibility index (Phi) is 7.28. The van der Waals surface area contributed by atoms with Crippen LogP contribution in [0.4, 0.5) is 0 Å². The van der Waals surface area contributed by atoms with Gasteiger partial charge in [0.05, 0.1) is 13.2 Å². The zero-order chi connectivity index (χ0) is 16.1. The minimum absolute atomic E-state index is 0.0963. The first-order valence-corrected chi connectivity index (χ1v) is 11.2. The highest BCUT2D eigenvalue weighted by Crippen LogP contribution is 2.39. The molecular weight excluding hydrogens is 352 g/mol. The van der Waals surface area contributed by atoms with Crippen LogP contribution < -0.4 is 0 Å². The summed E-state index contributed by atoms with van der Waals surface area (Å²) in [5.74, 6) is 4.03. The predicted molar refractivity (Wildman–Crippen MR) is 98.8 cm³/mol. The maximum absolute atomic E-state index is 6.19. The third-order valence-electron chi connectivity index (χ3n) is 6.70. The summed E-state index contributed by atoms with van der Waals surface area (Å²) < 4.78 is 12.4. The zero-order valence-electron chi connectivity index (χ0n) is 14.9. The Bertz CT molecular complexity index is 325. The van der Waals surface area contributed by atoms with E-state index < -0.39 is 0 Å². The Morgan fingerprint density at radius 2 is 1.30 bits per heavy atom. The topological polar surface area (TPSA) is 18.5 Å². The number of ether oxygens (including phenoxy) is 2. The summed E-state index contributed by atoms with van der Waals surface area (Å²) >= 11 is 3.63. The molecule has 3 heteroatoms. The average Bonchev–Trinajstić information content (AvgIpc) is 2.63. The first kappa shape index (κ1) is 18.2. The van der Waals surface area contributed by atoms with Crippen LogP contribution in [0, 0.1) is 29.6 Å². The molecule has 0 aromatic carbocycles. The Morgan fingerprint density at radius 1 is 0.739 bits per heavy atom. The SMILES string of the molecule is CCCC1CCC(C2COC(C3CCC(CBr)CC3)OC2)CC1. The van der Waals surface area contributed by atoms with Crippen molar-refractivity contribution in [3.8, 4) is 0 Å². The molecule has 1 aliphatic heterocycles. The summed E-state index contributed by atoms with van der Waals surface area (Å²) in [6.45, 7) is 4.22. The van der Waals surface area contributed by atoms with Gasteiger partial charge in [-0.15, -0.1) is 0 Å². The summed E-state index contributed by atoms with van der Waals surface area (Å²) in [5.41, 5.74) is 0. The maximum Gasteiger partial charge on any atom is 0.160 e. The first-order chi connectivity index (χ1) is 11.3. The number of hydrogen-bond donors (Lipinski definition) is 0. The molecule has 0 aromatic rings. The smallest absolute Gasteiger partial charge is 0.160 e. The van der Waals surface area contributed by atoms with Gasteiger partial charge in [0.1, 0.15) is 0 Å². The molecule has 0 bridgehead atoms. The second-order valence-electron chi connectivity index (χ2n) is 8.30. The molecule has 1 saturated heterocycles. The molecule has 0 spiro atoms. The van der Waals surface area contributed by atoms with Crippen LogP contribution in [0.3, 0.4) is 0 Å². The molecule has 2 aliphatic carbocycles. The molecule has 2 saturated carbocycles. The molecule has 0 atom stereocenters. The lowest BCUT2D eigenvalue weighted by atomic mass is 9.75. The molecule has 134 valence electrons. The highest BCUT2D eigenvalue weighted by molar-refractivity contribution is 9.09. The van der Waals surface area contributed by atoms with E-state index in [1.807, 2.05) is 0 Å². The summed E-state index contributed by atoms with van der Waals surface area (Å²) in [4.78, 5) is 0. The van der Waals surface area contributed by atoms with E-state index >= 15 is 0 Å². The molecule has 0 unspecified atom stereocenters. The van der Waals surface area contributed by atoms with Gasteiger partial charge in [-0.05, 0) is 56.3 Å². The normalized spacial score (nSPS) is 42.5. The molecule has 0 amide bonds. The van der Waals surface area contributed by atoms with Crippen LogP contribution in [0.5, 0.6) is 0 Å². The van der Waals surface area contributed by atoms with Crippen molar-refractivity contribution in [2.24, 2.45) is 29.6 Å². The molecule has 0 N–H and O–H groups in total. The average molecular weight is 387 g/mol. The lowest BCUT2D eigenvalue weighted by Gasteiger charge is -2.41. The van der Waals surface area contributed by atoms with E-state index in [-0.39, 0.29) is 6.29 Å². The van der Waals surface area contributed by atoms with Crippen molar-refractivity contribution in [3.63, 3.8) is 0 Å². The Hall–Kier alpha value is 0.400. The van der Waals surface area contributed by atoms with Crippen LogP contribution >= 0.6 is 15.9 Å². The van der Waals surface area contributed by atoms with E-state index in [1.165, 1.54) is 64.2 Å². The highest BCUT2D eigenvalue weighted by atomic mass is 79.9. The van der Waals surface area contributed by atoms with Gasteiger partial charge in [-0.1, -0.05) is 48.5 Å². The van der Waals surface area contributed by atoms with Crippen LogP contribution in [-0.2, 0) is 9.47 Å². The molecular formula is C20H35BrO2. The lowest BCUT2D eigenvalue weighted by Crippen LogP contribution is -2.41. The van der Waals surface area contributed by atoms with E-state index in [9.17, 15) is 0 Å².